The van der Waals surface area contributed by atoms with Gasteiger partial charge in [-0.15, -0.1) is 0 Å². The third-order valence-electron chi connectivity index (χ3n) is 4.53. The van der Waals surface area contributed by atoms with Crippen molar-refractivity contribution in [1.29, 1.82) is 0 Å². The molecular formula is C18H12ClF4N3O4. The van der Waals surface area contributed by atoms with Crippen molar-refractivity contribution in [2.75, 3.05) is 6.61 Å². The van der Waals surface area contributed by atoms with Crippen LogP contribution in [-0.2, 0) is 22.1 Å². The van der Waals surface area contributed by atoms with Crippen molar-refractivity contribution in [2.45, 2.75) is 25.6 Å². The molecule has 3 aromatic rings. The van der Waals surface area contributed by atoms with Crippen LogP contribution in [0, 0.1) is 5.82 Å². The largest absolute Gasteiger partial charge is 0.476 e. The number of ether oxygens (including phenoxy) is 2. The Labute approximate surface area is 170 Å². The van der Waals surface area contributed by atoms with Crippen LogP contribution in [0.2, 0.25) is 5.02 Å². The molecular weight excluding hydrogens is 434 g/mol. The minimum atomic E-state index is -4.84. The summed E-state index contributed by atoms with van der Waals surface area (Å²) in [5, 5.41) is -0.155. The number of rotatable bonds is 3. The van der Waals surface area contributed by atoms with E-state index in [1.807, 2.05) is 0 Å². The fraction of sp³-hybridized carbons (Fsp3) is 0.278. The van der Waals surface area contributed by atoms with Gasteiger partial charge in [-0.3, -0.25) is 9.20 Å². The molecule has 158 valence electrons. The van der Waals surface area contributed by atoms with Crippen LogP contribution in [0.4, 0.5) is 17.6 Å². The zero-order valence-electron chi connectivity index (χ0n) is 15.2. The third-order valence-corrected chi connectivity index (χ3v) is 4.81. The molecule has 0 amide bonds. The van der Waals surface area contributed by atoms with Gasteiger partial charge in [0.15, 0.2) is 6.10 Å². The average Bonchev–Trinajstić information content (AvgIpc) is 3.29. The molecule has 4 rings (SSSR count). The number of aromatic nitrogens is 3. The van der Waals surface area contributed by atoms with Crippen molar-refractivity contribution < 1.29 is 31.8 Å². The van der Waals surface area contributed by atoms with Crippen LogP contribution >= 0.6 is 11.6 Å². The van der Waals surface area contributed by atoms with Crippen LogP contribution in [0.1, 0.15) is 18.2 Å². The Bertz CT molecular complexity index is 1230. The first-order chi connectivity index (χ1) is 14.1. The molecule has 0 bridgehead atoms. The van der Waals surface area contributed by atoms with Crippen LogP contribution in [0.3, 0.4) is 0 Å². The van der Waals surface area contributed by atoms with Gasteiger partial charge in [-0.1, -0.05) is 11.6 Å². The van der Waals surface area contributed by atoms with Crippen LogP contribution in [0.5, 0.6) is 5.75 Å². The monoisotopic (exact) mass is 445 g/mol. The zero-order chi connectivity index (χ0) is 21.8. The molecule has 3 heterocycles. The van der Waals surface area contributed by atoms with Crippen molar-refractivity contribution in [2.24, 2.45) is 0 Å². The Kier molecular flexibility index (Phi) is 4.72. The fourth-order valence-corrected chi connectivity index (χ4v) is 3.62. The Morgan fingerprint density at radius 1 is 1.40 bits per heavy atom. The van der Waals surface area contributed by atoms with Gasteiger partial charge in [-0.2, -0.15) is 13.2 Å². The summed E-state index contributed by atoms with van der Waals surface area (Å²) in [7, 11) is 0. The lowest BCUT2D eigenvalue weighted by Gasteiger charge is -2.16. The highest BCUT2D eigenvalue weighted by Crippen LogP contribution is 2.41. The number of nitrogens with zero attached hydrogens (tertiary/aromatic N) is 3. The Balaban J connectivity index is 1.97. The maximum absolute atomic E-state index is 14.9. The number of fused-ring (bicyclic) bond motifs is 2. The van der Waals surface area contributed by atoms with E-state index in [1.165, 1.54) is 0 Å². The molecule has 1 aliphatic rings. The first-order valence-electron chi connectivity index (χ1n) is 8.64. The van der Waals surface area contributed by atoms with E-state index < -0.39 is 46.8 Å². The molecule has 2 aromatic heterocycles. The summed E-state index contributed by atoms with van der Waals surface area (Å²) in [6, 6.07) is 1.20. The number of alkyl halides is 3. The van der Waals surface area contributed by atoms with Gasteiger partial charge in [0.25, 0.3) is 5.56 Å². The predicted molar refractivity (Wildman–Crippen MR) is 95.5 cm³/mol. The fourth-order valence-electron chi connectivity index (χ4n) is 3.36. The highest BCUT2D eigenvalue weighted by molar-refractivity contribution is 6.32. The van der Waals surface area contributed by atoms with E-state index in [0.29, 0.717) is 15.0 Å². The minimum Gasteiger partial charge on any atom is -0.476 e. The Hall–Kier alpha value is -3.08. The number of benzene rings is 1. The standard InChI is InChI=1S/C18H12ClF4N3O4/c1-2-29-16(28)11-5-8-14(10(20)6-9(19)15(8)30-11)26-13(27)7-12(18(21,22)23)25-4-3-24-17(25)26/h3-4,6-7,11H,2,5H2,1H3. The first-order valence-corrected chi connectivity index (χ1v) is 9.02. The summed E-state index contributed by atoms with van der Waals surface area (Å²) in [5.74, 6) is -2.22. The van der Waals surface area contributed by atoms with E-state index in [-0.39, 0.29) is 29.4 Å². The average molecular weight is 446 g/mol. The van der Waals surface area contributed by atoms with Gasteiger partial charge in [0.1, 0.15) is 17.3 Å². The summed E-state index contributed by atoms with van der Waals surface area (Å²) >= 11 is 6.03. The Morgan fingerprint density at radius 2 is 2.13 bits per heavy atom. The highest BCUT2D eigenvalue weighted by atomic mass is 35.5. The van der Waals surface area contributed by atoms with Crippen LogP contribution in [-0.4, -0.2) is 32.6 Å². The van der Waals surface area contributed by atoms with E-state index in [2.05, 4.69) is 4.98 Å². The molecule has 12 heteroatoms. The normalized spacial score (nSPS) is 15.9. The molecule has 1 atom stereocenters. The van der Waals surface area contributed by atoms with Gasteiger partial charge in [0, 0.05) is 30.4 Å². The van der Waals surface area contributed by atoms with Crippen molar-refractivity contribution >= 4 is 23.3 Å². The molecule has 0 radical (unpaired) electrons. The van der Waals surface area contributed by atoms with Crippen molar-refractivity contribution in [3.63, 3.8) is 0 Å². The number of imidazole rings is 1. The van der Waals surface area contributed by atoms with Crippen LogP contribution in [0.15, 0.2) is 29.3 Å². The highest BCUT2D eigenvalue weighted by Gasteiger charge is 2.38. The summed E-state index contributed by atoms with van der Waals surface area (Å²) < 4.78 is 66.6. The lowest BCUT2D eigenvalue weighted by atomic mass is 10.1. The van der Waals surface area contributed by atoms with Gasteiger partial charge >= 0.3 is 12.1 Å². The molecule has 7 nitrogen and oxygen atoms in total. The lowest BCUT2D eigenvalue weighted by molar-refractivity contribution is -0.150. The van der Waals surface area contributed by atoms with Gasteiger partial charge in [-0.05, 0) is 13.0 Å². The molecule has 0 saturated carbocycles. The van der Waals surface area contributed by atoms with Crippen molar-refractivity contribution in [3.8, 4) is 11.4 Å². The van der Waals surface area contributed by atoms with Gasteiger partial charge < -0.3 is 9.47 Å². The number of halogens is 5. The number of hydrogen-bond donors (Lipinski definition) is 0. The van der Waals surface area contributed by atoms with Gasteiger partial charge in [0.2, 0.25) is 5.78 Å². The number of carbonyl (C=O) groups excluding carboxylic acids is 1. The molecule has 1 aliphatic heterocycles. The minimum absolute atomic E-state index is 0.0461. The van der Waals surface area contributed by atoms with Crippen LogP contribution < -0.4 is 10.3 Å². The topological polar surface area (TPSA) is 74.8 Å². The molecule has 0 aliphatic carbocycles. The van der Waals surface area contributed by atoms with E-state index >= 15 is 0 Å². The zero-order valence-corrected chi connectivity index (χ0v) is 15.9. The van der Waals surface area contributed by atoms with E-state index in [1.54, 1.807) is 6.92 Å². The lowest BCUT2D eigenvalue weighted by Crippen LogP contribution is -2.28. The second kappa shape index (κ2) is 7.01. The van der Waals surface area contributed by atoms with Crippen molar-refractivity contribution in [1.82, 2.24) is 14.0 Å². The molecule has 0 N–H and O–H groups in total. The molecule has 0 spiro atoms. The maximum Gasteiger partial charge on any atom is 0.432 e. The Morgan fingerprint density at radius 3 is 2.80 bits per heavy atom. The van der Waals surface area contributed by atoms with Gasteiger partial charge in [-0.25, -0.2) is 18.7 Å². The predicted octanol–water partition coefficient (Wildman–Crippen LogP) is 3.16. The first kappa shape index (κ1) is 20.2. The molecule has 0 fully saturated rings. The van der Waals surface area contributed by atoms with E-state index in [0.717, 1.165) is 18.5 Å². The second-order valence-electron chi connectivity index (χ2n) is 6.36. The summed E-state index contributed by atoms with van der Waals surface area (Å²) in [6.45, 7) is 1.67. The summed E-state index contributed by atoms with van der Waals surface area (Å²) in [6.07, 6.45) is -4.12. The smallest absolute Gasteiger partial charge is 0.432 e. The molecule has 0 saturated heterocycles. The van der Waals surface area contributed by atoms with E-state index in [9.17, 15) is 27.2 Å². The number of carbonyl (C=O) groups is 1. The quantitative estimate of drug-likeness (QED) is 0.457. The second-order valence-corrected chi connectivity index (χ2v) is 6.76. The van der Waals surface area contributed by atoms with Crippen molar-refractivity contribution in [3.05, 3.63) is 57.0 Å². The molecule has 1 aromatic carbocycles. The van der Waals surface area contributed by atoms with Crippen LogP contribution in [0.25, 0.3) is 11.5 Å². The summed E-state index contributed by atoms with van der Waals surface area (Å²) in [5.41, 5.74) is -2.77. The molecule has 30 heavy (non-hydrogen) atoms. The third kappa shape index (κ3) is 3.09. The van der Waals surface area contributed by atoms with Gasteiger partial charge in [0.05, 0.1) is 17.3 Å². The van der Waals surface area contributed by atoms with E-state index in [4.69, 9.17) is 21.1 Å². The summed E-state index contributed by atoms with van der Waals surface area (Å²) in [4.78, 5) is 28.5. The SMILES string of the molecule is CCOC(=O)C1Cc2c(c(Cl)cc(F)c2-n2c(=O)cc(C(F)(F)F)n3ccnc23)O1. The molecule has 1 unspecified atom stereocenters. The maximum atomic E-state index is 14.9. The number of hydrogen-bond acceptors (Lipinski definition) is 5. The number of esters is 1.